The summed E-state index contributed by atoms with van der Waals surface area (Å²) in [5.74, 6) is 0. The third-order valence-electron chi connectivity index (χ3n) is 0.0962. The van der Waals surface area contributed by atoms with Gasteiger partial charge in [-0.25, -0.2) is 0 Å². The maximum atomic E-state index is 4.83. The molecule has 0 saturated heterocycles. The van der Waals surface area contributed by atoms with Crippen molar-refractivity contribution in [3.8, 4) is 0 Å². The van der Waals surface area contributed by atoms with Crippen LogP contribution in [0.3, 0.4) is 0 Å². The van der Waals surface area contributed by atoms with Crippen LogP contribution in [0.15, 0.2) is 37.8 Å². The fourth-order valence-electron chi connectivity index (χ4n) is 0. The molecule has 13 heavy (non-hydrogen) atoms. The molecule has 0 atom stereocenters. The van der Waals surface area contributed by atoms with Crippen molar-refractivity contribution in [2.45, 2.75) is 34.6 Å². The van der Waals surface area contributed by atoms with Crippen molar-refractivity contribution in [1.82, 2.24) is 0 Å². The predicted molar refractivity (Wildman–Crippen MR) is 71.8 cm³/mol. The van der Waals surface area contributed by atoms with Gasteiger partial charge in [-0.15, -0.1) is 19.7 Å². The second kappa shape index (κ2) is 200. The van der Waals surface area contributed by atoms with Crippen molar-refractivity contribution < 1.29 is 0 Å². The van der Waals surface area contributed by atoms with Gasteiger partial charge in [-0.1, -0.05) is 52.3 Å². The van der Waals surface area contributed by atoms with E-state index in [0.29, 0.717) is 0 Å². The first kappa shape index (κ1) is 29.4. The van der Waals surface area contributed by atoms with Crippen LogP contribution in [0.5, 0.6) is 0 Å². The molecule has 0 saturated carbocycles. The molecular weight excluding hydrogens is 178 g/mol. The largest absolute Gasteiger partial charge is 0.274 e. The summed E-state index contributed by atoms with van der Waals surface area (Å²) in [7, 11) is 0. The quantitative estimate of drug-likeness (QED) is 0.492. The molecule has 0 radical (unpaired) electrons. The highest BCUT2D eigenvalue weighted by Crippen LogP contribution is 1.77. The topological polar surface area (TPSA) is 26.0 Å². The van der Waals surface area contributed by atoms with Crippen molar-refractivity contribution in [2.24, 2.45) is 5.14 Å². The highest BCUT2D eigenvalue weighted by Gasteiger charge is 1.43. The van der Waals surface area contributed by atoms with E-state index in [0.717, 1.165) is 11.9 Å². The summed E-state index contributed by atoms with van der Waals surface area (Å²) in [6.45, 7) is 22.6. The van der Waals surface area contributed by atoms with Gasteiger partial charge in [0.05, 0.1) is 0 Å². The number of hydrogen-bond donors (Lipinski definition) is 1. The SMILES string of the molecule is C=C.C=CC.C=CSN.CC.CC. The molecule has 0 aliphatic heterocycles. The molecule has 2 heteroatoms. The molecule has 0 aromatic heterocycles. The third kappa shape index (κ3) is 3730. The normalized spacial score (nSPS) is 4.15. The number of rotatable bonds is 1. The van der Waals surface area contributed by atoms with Gasteiger partial charge in [-0.05, 0) is 12.3 Å². The zero-order valence-corrected chi connectivity index (χ0v) is 10.8. The Balaban J connectivity index is -0.0000000215. The first-order valence-electron chi connectivity index (χ1n) is 4.37. The Morgan fingerprint density at radius 1 is 1.00 bits per heavy atom. The van der Waals surface area contributed by atoms with Crippen molar-refractivity contribution in [3.05, 3.63) is 37.8 Å². The van der Waals surface area contributed by atoms with Crippen LogP contribution in [-0.2, 0) is 0 Å². The van der Waals surface area contributed by atoms with E-state index in [1.807, 2.05) is 34.6 Å². The van der Waals surface area contributed by atoms with Crippen LogP contribution in [0.2, 0.25) is 0 Å². The second-order valence-electron chi connectivity index (χ2n) is 0.711. The smallest absolute Gasteiger partial charge is 0.0210 e. The van der Waals surface area contributed by atoms with E-state index in [1.54, 1.807) is 11.5 Å². The van der Waals surface area contributed by atoms with Crippen LogP contribution in [-0.4, -0.2) is 0 Å². The minimum atomic E-state index is 1.12. The zero-order chi connectivity index (χ0) is 12.1. The Labute approximate surface area is 89.9 Å². The second-order valence-corrected chi connectivity index (χ2v) is 1.32. The van der Waals surface area contributed by atoms with Gasteiger partial charge in [0.1, 0.15) is 0 Å². The Hall–Kier alpha value is -0.470. The Kier molecular flexibility index (Phi) is 451. The average Bonchev–Trinajstić information content (AvgIpc) is 2.27. The summed E-state index contributed by atoms with van der Waals surface area (Å²) >= 11 is 1.12. The van der Waals surface area contributed by atoms with E-state index in [4.69, 9.17) is 5.14 Å². The van der Waals surface area contributed by atoms with E-state index in [9.17, 15) is 0 Å². The lowest BCUT2D eigenvalue weighted by Crippen LogP contribution is -1.64. The van der Waals surface area contributed by atoms with Crippen LogP contribution in [0.1, 0.15) is 34.6 Å². The standard InChI is InChI=1S/C3H6.C2H5NS.2C2H6.C2H4/c1-3-2;1-2-4-3;3*1-2/h3H,1H2,2H3;2H,1,3H2;2*1-2H3;1-2H2. The molecular formula is C11H27NS. The highest BCUT2D eigenvalue weighted by molar-refractivity contribution is 7.99. The molecule has 0 aromatic carbocycles. The van der Waals surface area contributed by atoms with Gasteiger partial charge in [-0.2, -0.15) is 0 Å². The monoisotopic (exact) mass is 205 g/mol. The first-order chi connectivity index (χ1) is 6.33. The fraction of sp³-hybridized carbons (Fsp3) is 0.455. The number of hydrogen-bond acceptors (Lipinski definition) is 2. The van der Waals surface area contributed by atoms with E-state index in [1.165, 1.54) is 0 Å². The summed E-state index contributed by atoms with van der Waals surface area (Å²) in [6.07, 6.45) is 1.75. The summed E-state index contributed by atoms with van der Waals surface area (Å²) in [5, 5.41) is 6.40. The van der Waals surface area contributed by atoms with Crippen molar-refractivity contribution in [3.63, 3.8) is 0 Å². The molecule has 0 unspecified atom stereocenters. The minimum Gasteiger partial charge on any atom is -0.274 e. The number of nitrogens with two attached hydrogens (primary N) is 1. The van der Waals surface area contributed by atoms with Crippen LogP contribution in [0.25, 0.3) is 0 Å². The van der Waals surface area contributed by atoms with E-state index in [2.05, 4.69) is 26.3 Å². The van der Waals surface area contributed by atoms with Crippen LogP contribution in [0.4, 0.5) is 0 Å². The van der Waals surface area contributed by atoms with Gasteiger partial charge in [-0.3, -0.25) is 5.14 Å². The molecule has 0 spiro atoms. The maximum absolute atomic E-state index is 4.83. The molecule has 0 rings (SSSR count). The highest BCUT2D eigenvalue weighted by atomic mass is 32.2. The molecule has 0 fully saturated rings. The molecule has 0 aliphatic rings. The summed E-state index contributed by atoms with van der Waals surface area (Å²) in [4.78, 5) is 0. The maximum Gasteiger partial charge on any atom is -0.0210 e. The summed E-state index contributed by atoms with van der Waals surface area (Å²) < 4.78 is 0. The molecule has 1 nitrogen and oxygen atoms in total. The zero-order valence-electron chi connectivity index (χ0n) is 9.97. The van der Waals surface area contributed by atoms with Crippen LogP contribution < -0.4 is 5.14 Å². The van der Waals surface area contributed by atoms with Crippen molar-refractivity contribution in [2.75, 3.05) is 0 Å². The van der Waals surface area contributed by atoms with Gasteiger partial charge in [0, 0.05) is 0 Å². The van der Waals surface area contributed by atoms with Crippen molar-refractivity contribution >= 4 is 11.9 Å². The van der Waals surface area contributed by atoms with Gasteiger partial charge in [0.15, 0.2) is 0 Å². The molecule has 82 valence electrons. The fourth-order valence-corrected chi connectivity index (χ4v) is 0. The van der Waals surface area contributed by atoms with E-state index in [-0.39, 0.29) is 0 Å². The molecule has 0 amide bonds. The Morgan fingerprint density at radius 3 is 1.08 bits per heavy atom. The lowest BCUT2D eigenvalue weighted by Gasteiger charge is -1.60. The average molecular weight is 205 g/mol. The Morgan fingerprint density at radius 2 is 1.08 bits per heavy atom. The predicted octanol–water partition coefficient (Wildman–Crippen LogP) is 4.78. The lowest BCUT2D eigenvalue weighted by atomic mass is 10.8. The molecule has 0 bridgehead atoms. The minimum absolute atomic E-state index is 1.12. The first-order valence-corrected chi connectivity index (χ1v) is 5.31. The van der Waals surface area contributed by atoms with Crippen LogP contribution in [0, 0.1) is 0 Å². The summed E-state index contributed by atoms with van der Waals surface area (Å²) in [6, 6.07) is 0. The lowest BCUT2D eigenvalue weighted by molar-refractivity contribution is 1.50. The van der Waals surface area contributed by atoms with E-state index >= 15 is 0 Å². The van der Waals surface area contributed by atoms with Crippen molar-refractivity contribution in [1.29, 1.82) is 0 Å². The molecule has 0 aliphatic carbocycles. The van der Waals surface area contributed by atoms with Gasteiger partial charge in [0.25, 0.3) is 0 Å². The van der Waals surface area contributed by atoms with Gasteiger partial charge >= 0.3 is 0 Å². The van der Waals surface area contributed by atoms with Gasteiger partial charge < -0.3 is 0 Å². The molecule has 2 N–H and O–H groups in total. The number of allylic oxidation sites excluding steroid dienone is 1. The molecule has 0 aromatic rings. The third-order valence-corrected chi connectivity index (χ3v) is 0.289. The summed E-state index contributed by atoms with van der Waals surface area (Å²) in [5.41, 5.74) is 0. The van der Waals surface area contributed by atoms with E-state index < -0.39 is 0 Å². The molecule has 0 heterocycles. The van der Waals surface area contributed by atoms with Crippen LogP contribution >= 0.6 is 11.9 Å². The Bertz CT molecular complexity index is 54.1. The van der Waals surface area contributed by atoms with Gasteiger partial charge in [0.2, 0.25) is 0 Å².